The lowest BCUT2D eigenvalue weighted by atomic mass is 9.95. The van der Waals surface area contributed by atoms with Gasteiger partial charge in [-0.2, -0.15) is 0 Å². The van der Waals surface area contributed by atoms with Crippen LogP contribution in [0.25, 0.3) is 33.6 Å². The molecule has 0 saturated heterocycles. The van der Waals surface area contributed by atoms with Gasteiger partial charge in [-0.15, -0.1) is 0 Å². The van der Waals surface area contributed by atoms with Gasteiger partial charge in [0.1, 0.15) is 11.4 Å². The summed E-state index contributed by atoms with van der Waals surface area (Å²) in [4.78, 5) is 25.0. The van der Waals surface area contributed by atoms with Gasteiger partial charge in [-0.05, 0) is 55.5 Å². The summed E-state index contributed by atoms with van der Waals surface area (Å²) in [5, 5.41) is 15.8. The van der Waals surface area contributed by atoms with Gasteiger partial charge in [0.2, 0.25) is 11.8 Å². The lowest BCUT2D eigenvalue weighted by Crippen LogP contribution is -2.28. The molecule has 8 nitrogen and oxygen atoms in total. The van der Waals surface area contributed by atoms with Crippen molar-refractivity contribution in [2.75, 3.05) is 0 Å². The summed E-state index contributed by atoms with van der Waals surface area (Å²) >= 11 is 26.5. The van der Waals surface area contributed by atoms with E-state index in [1.807, 2.05) is 0 Å². The zero-order valence-corrected chi connectivity index (χ0v) is 26.8. The van der Waals surface area contributed by atoms with Gasteiger partial charge in [-0.1, -0.05) is 82.4 Å². The largest absolute Gasteiger partial charge is 0.359 e. The number of amides is 2. The molecule has 12 heteroatoms. The standard InChI is InChI=1S/C32H30Cl4N4O4/c33-19-9-23(30(27(36)10-19)29-12-21(44-40-29)16-38-32(42)18-7-3-4-8-18)22-13-24(26(35)14-25(22)34)28-11-20(43-39-28)15-37-31(41)17-5-1-2-6-17/h9-14,17-18H,1-8,15-16H2,(H,37,41)(H,38,42). The minimum atomic E-state index is 0.0262. The van der Waals surface area contributed by atoms with E-state index in [2.05, 4.69) is 20.9 Å². The van der Waals surface area contributed by atoms with Crippen molar-refractivity contribution in [1.29, 1.82) is 0 Å². The Morgan fingerprint density at radius 1 is 0.636 bits per heavy atom. The summed E-state index contributed by atoms with van der Waals surface area (Å²) in [7, 11) is 0. The van der Waals surface area contributed by atoms with Crippen LogP contribution in [-0.2, 0) is 22.7 Å². The molecular formula is C32H30Cl4N4O4. The summed E-state index contributed by atoms with van der Waals surface area (Å²) in [5.74, 6) is 1.15. The van der Waals surface area contributed by atoms with Crippen LogP contribution in [0.4, 0.5) is 0 Å². The monoisotopic (exact) mass is 674 g/mol. The van der Waals surface area contributed by atoms with Gasteiger partial charge in [-0.3, -0.25) is 9.59 Å². The normalized spacial score (nSPS) is 15.6. The first-order valence-electron chi connectivity index (χ1n) is 14.7. The van der Waals surface area contributed by atoms with Crippen LogP contribution in [0.15, 0.2) is 45.4 Å². The third-order valence-corrected chi connectivity index (χ3v) is 9.52. The highest BCUT2D eigenvalue weighted by atomic mass is 35.5. The van der Waals surface area contributed by atoms with Crippen LogP contribution in [0.3, 0.4) is 0 Å². The zero-order valence-electron chi connectivity index (χ0n) is 23.7. The molecule has 0 aliphatic heterocycles. The zero-order chi connectivity index (χ0) is 30.8. The minimum absolute atomic E-state index is 0.0262. The molecule has 2 heterocycles. The Labute approximate surface area is 274 Å². The number of halogens is 4. The Morgan fingerprint density at radius 2 is 1.16 bits per heavy atom. The van der Waals surface area contributed by atoms with Crippen LogP contribution >= 0.6 is 46.4 Å². The van der Waals surface area contributed by atoms with Crippen molar-refractivity contribution in [3.63, 3.8) is 0 Å². The van der Waals surface area contributed by atoms with Gasteiger partial charge in [0.25, 0.3) is 0 Å². The van der Waals surface area contributed by atoms with Crippen LogP contribution in [0.1, 0.15) is 62.9 Å². The van der Waals surface area contributed by atoms with Crippen molar-refractivity contribution in [2.45, 2.75) is 64.5 Å². The molecule has 2 aliphatic rings. The van der Waals surface area contributed by atoms with E-state index < -0.39 is 0 Å². The second kappa shape index (κ2) is 13.5. The predicted octanol–water partition coefficient (Wildman–Crippen LogP) is 8.89. The van der Waals surface area contributed by atoms with E-state index in [0.717, 1.165) is 51.4 Å². The van der Waals surface area contributed by atoms with E-state index in [4.69, 9.17) is 55.4 Å². The van der Waals surface area contributed by atoms with Crippen molar-refractivity contribution in [2.24, 2.45) is 11.8 Å². The van der Waals surface area contributed by atoms with Gasteiger partial charge in [0.15, 0.2) is 11.5 Å². The number of carbonyl (C=O) groups excluding carboxylic acids is 2. The van der Waals surface area contributed by atoms with Crippen molar-refractivity contribution in [3.05, 3.63) is 68.0 Å². The Morgan fingerprint density at radius 3 is 1.75 bits per heavy atom. The Balaban J connectivity index is 1.26. The third-order valence-electron chi connectivity index (χ3n) is 8.38. The van der Waals surface area contributed by atoms with Crippen molar-refractivity contribution >= 4 is 58.2 Å². The van der Waals surface area contributed by atoms with E-state index in [0.29, 0.717) is 65.3 Å². The molecule has 230 valence electrons. The van der Waals surface area contributed by atoms with Crippen molar-refractivity contribution in [3.8, 4) is 33.6 Å². The fourth-order valence-corrected chi connectivity index (χ4v) is 7.22. The maximum atomic E-state index is 12.5. The smallest absolute Gasteiger partial charge is 0.223 e. The molecule has 2 N–H and O–H groups in total. The van der Waals surface area contributed by atoms with Crippen LogP contribution in [0, 0.1) is 11.8 Å². The van der Waals surface area contributed by atoms with Crippen LogP contribution < -0.4 is 10.6 Å². The second-order valence-corrected chi connectivity index (χ2v) is 13.0. The number of rotatable bonds is 9. The highest BCUT2D eigenvalue weighted by Crippen LogP contribution is 2.45. The maximum Gasteiger partial charge on any atom is 0.223 e. The summed E-state index contributed by atoms with van der Waals surface area (Å²) in [5.41, 5.74) is 3.26. The summed E-state index contributed by atoms with van der Waals surface area (Å²) in [6.07, 6.45) is 7.97. The first-order chi connectivity index (χ1) is 21.3. The predicted molar refractivity (Wildman–Crippen MR) is 171 cm³/mol. The molecule has 44 heavy (non-hydrogen) atoms. The topological polar surface area (TPSA) is 110 Å². The first-order valence-corrected chi connectivity index (χ1v) is 16.2. The van der Waals surface area contributed by atoms with Crippen LogP contribution in [0.5, 0.6) is 0 Å². The molecule has 0 spiro atoms. The Bertz CT molecular complexity index is 1690. The molecule has 2 aliphatic carbocycles. The summed E-state index contributed by atoms with van der Waals surface area (Å²) in [6.45, 7) is 0.439. The summed E-state index contributed by atoms with van der Waals surface area (Å²) < 4.78 is 11.1. The molecule has 2 aromatic carbocycles. The first kappa shape index (κ1) is 31.0. The van der Waals surface area contributed by atoms with Gasteiger partial charge < -0.3 is 19.7 Å². The number of carbonyl (C=O) groups is 2. The highest BCUT2D eigenvalue weighted by molar-refractivity contribution is 6.40. The summed E-state index contributed by atoms with van der Waals surface area (Å²) in [6, 6.07) is 10.2. The van der Waals surface area contributed by atoms with E-state index in [1.165, 1.54) is 0 Å². The number of aromatic nitrogens is 2. The molecule has 2 saturated carbocycles. The molecule has 0 radical (unpaired) electrons. The van der Waals surface area contributed by atoms with E-state index in [1.54, 1.807) is 36.4 Å². The van der Waals surface area contributed by atoms with Gasteiger partial charge in [0.05, 0.1) is 23.1 Å². The van der Waals surface area contributed by atoms with E-state index in [9.17, 15) is 9.59 Å². The van der Waals surface area contributed by atoms with Crippen molar-refractivity contribution in [1.82, 2.24) is 20.9 Å². The fourth-order valence-electron chi connectivity index (χ4n) is 6.05. The fraction of sp³-hybridized carbons (Fsp3) is 0.375. The molecule has 2 aromatic heterocycles. The van der Waals surface area contributed by atoms with E-state index >= 15 is 0 Å². The number of benzene rings is 2. The molecule has 6 rings (SSSR count). The van der Waals surface area contributed by atoms with Gasteiger partial charge in [0, 0.05) is 50.7 Å². The molecule has 4 aromatic rings. The number of nitrogens with zero attached hydrogens (tertiary/aromatic N) is 2. The average molecular weight is 676 g/mol. The minimum Gasteiger partial charge on any atom is -0.359 e. The quantitative estimate of drug-likeness (QED) is 0.183. The molecule has 0 atom stereocenters. The average Bonchev–Trinajstić information content (AvgIpc) is 3.82. The second-order valence-electron chi connectivity index (χ2n) is 11.4. The van der Waals surface area contributed by atoms with Gasteiger partial charge in [-0.25, -0.2) is 0 Å². The number of hydrogen-bond acceptors (Lipinski definition) is 6. The number of hydrogen-bond donors (Lipinski definition) is 2. The SMILES string of the molecule is O=C(NCc1cc(-c2cc(-c3cc(Cl)cc(Cl)c3-c3cc(CNC(=O)C4CCCC4)on3)c(Cl)cc2Cl)no1)C1CCCC1. The Kier molecular flexibility index (Phi) is 9.52. The van der Waals surface area contributed by atoms with Crippen molar-refractivity contribution < 1.29 is 18.6 Å². The highest BCUT2D eigenvalue weighted by Gasteiger charge is 2.25. The lowest BCUT2D eigenvalue weighted by molar-refractivity contribution is -0.125. The Hall–Kier alpha value is -3.04. The lowest BCUT2D eigenvalue weighted by Gasteiger charge is -2.14. The molecule has 2 fully saturated rings. The van der Waals surface area contributed by atoms with Gasteiger partial charge >= 0.3 is 0 Å². The third kappa shape index (κ3) is 6.79. The molecule has 2 amide bonds. The molecule has 0 unspecified atom stereocenters. The van der Waals surface area contributed by atoms with Crippen LogP contribution in [-0.4, -0.2) is 22.1 Å². The molecular weight excluding hydrogens is 646 g/mol. The maximum absolute atomic E-state index is 12.5. The van der Waals surface area contributed by atoms with E-state index in [-0.39, 0.29) is 36.7 Å². The number of nitrogens with one attached hydrogen (secondary N) is 2. The van der Waals surface area contributed by atoms with Crippen LogP contribution in [0.2, 0.25) is 20.1 Å². The molecule has 0 bridgehead atoms.